The number of rotatable bonds is 3. The highest BCUT2D eigenvalue weighted by atomic mass is 19.2. The Labute approximate surface area is 162 Å². The van der Waals surface area contributed by atoms with Crippen molar-refractivity contribution >= 4 is 0 Å². The minimum absolute atomic E-state index is 0.403. The lowest BCUT2D eigenvalue weighted by Crippen LogP contribution is -2.25. The summed E-state index contributed by atoms with van der Waals surface area (Å²) >= 11 is 0. The van der Waals surface area contributed by atoms with Crippen molar-refractivity contribution in [3.63, 3.8) is 0 Å². The lowest BCUT2D eigenvalue weighted by Gasteiger charge is -2.38. The maximum absolute atomic E-state index is 13.5. The molecule has 2 saturated carbocycles. The smallest absolute Gasteiger partial charge is 0.159 e. The molecule has 0 atom stereocenters. The van der Waals surface area contributed by atoms with Crippen molar-refractivity contribution in [3.8, 4) is 0 Å². The summed E-state index contributed by atoms with van der Waals surface area (Å²) in [4.78, 5) is 0. The summed E-state index contributed by atoms with van der Waals surface area (Å²) in [5.41, 5.74) is 3.83. The number of hydrogen-bond donors (Lipinski definition) is 0. The zero-order valence-electron chi connectivity index (χ0n) is 16.3. The number of aryl methyl sites for hydroxylation is 1. The van der Waals surface area contributed by atoms with E-state index in [2.05, 4.69) is 31.2 Å². The Morgan fingerprint density at radius 2 is 1.07 bits per heavy atom. The largest absolute Gasteiger partial charge is 0.204 e. The highest BCUT2D eigenvalue weighted by Crippen LogP contribution is 2.45. The number of hydrogen-bond acceptors (Lipinski definition) is 0. The van der Waals surface area contributed by atoms with Crippen molar-refractivity contribution in [3.05, 3.63) is 70.8 Å². The fourth-order valence-corrected chi connectivity index (χ4v) is 5.45. The van der Waals surface area contributed by atoms with Crippen LogP contribution in [0.15, 0.2) is 42.5 Å². The van der Waals surface area contributed by atoms with Gasteiger partial charge in [0, 0.05) is 0 Å². The molecule has 0 heterocycles. The SMILES string of the molecule is Cc1ccc(C2CCC(C3CCC(c4ccc(F)c(F)c4)CC3)CC2)cc1. The van der Waals surface area contributed by atoms with Crippen molar-refractivity contribution in [2.75, 3.05) is 0 Å². The van der Waals surface area contributed by atoms with E-state index in [1.165, 1.54) is 61.8 Å². The molecule has 0 bridgehead atoms. The monoisotopic (exact) mass is 368 g/mol. The zero-order valence-corrected chi connectivity index (χ0v) is 16.3. The van der Waals surface area contributed by atoms with E-state index < -0.39 is 11.6 Å². The Hall–Kier alpha value is -1.70. The van der Waals surface area contributed by atoms with Gasteiger partial charge in [-0.1, -0.05) is 35.9 Å². The average Bonchev–Trinajstić information content (AvgIpc) is 2.71. The van der Waals surface area contributed by atoms with Gasteiger partial charge in [-0.15, -0.1) is 0 Å². The Morgan fingerprint density at radius 1 is 0.593 bits per heavy atom. The van der Waals surface area contributed by atoms with E-state index in [9.17, 15) is 8.78 Å². The first-order valence-electron chi connectivity index (χ1n) is 10.6. The van der Waals surface area contributed by atoms with Gasteiger partial charge in [-0.2, -0.15) is 0 Å². The molecule has 0 saturated heterocycles. The van der Waals surface area contributed by atoms with Crippen LogP contribution in [0.4, 0.5) is 8.78 Å². The average molecular weight is 369 g/mol. The maximum atomic E-state index is 13.5. The summed E-state index contributed by atoms with van der Waals surface area (Å²) in [6.45, 7) is 2.15. The third-order valence-corrected chi connectivity index (χ3v) is 7.17. The zero-order chi connectivity index (χ0) is 18.8. The molecule has 4 rings (SSSR count). The van der Waals surface area contributed by atoms with Crippen molar-refractivity contribution in [2.24, 2.45) is 11.8 Å². The van der Waals surface area contributed by atoms with E-state index in [0.717, 1.165) is 36.2 Å². The van der Waals surface area contributed by atoms with Crippen LogP contribution in [0.25, 0.3) is 0 Å². The molecule has 144 valence electrons. The minimum atomic E-state index is -0.738. The molecule has 2 aliphatic rings. The molecule has 0 aromatic heterocycles. The summed E-state index contributed by atoms with van der Waals surface area (Å²) in [5, 5.41) is 0. The van der Waals surface area contributed by atoms with Crippen molar-refractivity contribution in [2.45, 2.75) is 70.1 Å². The molecule has 2 aromatic carbocycles. The second kappa shape index (κ2) is 8.12. The first-order chi connectivity index (χ1) is 13.1. The summed E-state index contributed by atoms with van der Waals surface area (Å²) in [5.74, 6) is 1.38. The predicted octanol–water partition coefficient (Wildman–Crippen LogP) is 7.52. The Morgan fingerprint density at radius 3 is 1.59 bits per heavy atom. The molecule has 0 spiro atoms. The molecule has 2 fully saturated rings. The Kier molecular flexibility index (Phi) is 5.61. The predicted molar refractivity (Wildman–Crippen MR) is 107 cm³/mol. The van der Waals surface area contributed by atoms with Gasteiger partial charge in [-0.25, -0.2) is 8.78 Å². The van der Waals surface area contributed by atoms with E-state index in [4.69, 9.17) is 0 Å². The van der Waals surface area contributed by atoms with E-state index >= 15 is 0 Å². The number of benzene rings is 2. The summed E-state index contributed by atoms with van der Waals surface area (Å²) in [6.07, 6.45) is 10.0. The van der Waals surface area contributed by atoms with E-state index in [1.54, 1.807) is 6.07 Å². The van der Waals surface area contributed by atoms with Crippen LogP contribution in [0.5, 0.6) is 0 Å². The first-order valence-corrected chi connectivity index (χ1v) is 10.6. The normalized spacial score (nSPS) is 28.9. The van der Waals surface area contributed by atoms with Crippen LogP contribution in [-0.4, -0.2) is 0 Å². The van der Waals surface area contributed by atoms with Gasteiger partial charge < -0.3 is 0 Å². The fourth-order valence-electron chi connectivity index (χ4n) is 5.45. The quantitative estimate of drug-likeness (QED) is 0.525. The fraction of sp³-hybridized carbons (Fsp3) is 0.520. The molecule has 2 heteroatoms. The Balaban J connectivity index is 1.29. The molecule has 0 radical (unpaired) electrons. The summed E-state index contributed by atoms with van der Waals surface area (Å²) in [7, 11) is 0. The Bertz CT molecular complexity index is 748. The number of halogens is 2. The lowest BCUT2D eigenvalue weighted by molar-refractivity contribution is 0.177. The molecular weight excluding hydrogens is 338 g/mol. The molecule has 0 amide bonds. The van der Waals surface area contributed by atoms with E-state index in [1.807, 2.05) is 0 Å². The van der Waals surface area contributed by atoms with Gasteiger partial charge in [0.25, 0.3) is 0 Å². The van der Waals surface area contributed by atoms with Crippen LogP contribution < -0.4 is 0 Å². The second-order valence-electron chi connectivity index (χ2n) is 8.81. The van der Waals surface area contributed by atoms with Crippen LogP contribution in [-0.2, 0) is 0 Å². The van der Waals surface area contributed by atoms with Gasteiger partial charge >= 0.3 is 0 Å². The van der Waals surface area contributed by atoms with Crippen LogP contribution in [0.1, 0.15) is 79.9 Å². The standard InChI is InChI=1S/C25H30F2/c1-17-2-4-18(5-3-17)19-6-8-20(9-7-19)21-10-12-22(13-11-21)23-14-15-24(26)25(27)16-23/h2-5,14-16,19-22H,6-13H2,1H3. The van der Waals surface area contributed by atoms with Gasteiger partial charge in [-0.05, 0) is 105 Å². The van der Waals surface area contributed by atoms with Gasteiger partial charge in [0.05, 0.1) is 0 Å². The summed E-state index contributed by atoms with van der Waals surface area (Å²) < 4.78 is 26.7. The van der Waals surface area contributed by atoms with Crippen molar-refractivity contribution in [1.29, 1.82) is 0 Å². The summed E-state index contributed by atoms with van der Waals surface area (Å²) in [6, 6.07) is 13.6. The molecular formula is C25H30F2. The van der Waals surface area contributed by atoms with Crippen LogP contribution in [0.3, 0.4) is 0 Å². The lowest BCUT2D eigenvalue weighted by atomic mass is 9.67. The molecule has 0 N–H and O–H groups in total. The third kappa shape index (κ3) is 4.25. The minimum Gasteiger partial charge on any atom is -0.204 e. The highest BCUT2D eigenvalue weighted by Gasteiger charge is 2.31. The van der Waals surface area contributed by atoms with Gasteiger partial charge in [0.1, 0.15) is 0 Å². The van der Waals surface area contributed by atoms with Crippen LogP contribution in [0.2, 0.25) is 0 Å². The first kappa shape index (κ1) is 18.7. The van der Waals surface area contributed by atoms with Crippen molar-refractivity contribution in [1.82, 2.24) is 0 Å². The molecule has 2 aliphatic carbocycles. The van der Waals surface area contributed by atoms with E-state index in [0.29, 0.717) is 5.92 Å². The topological polar surface area (TPSA) is 0 Å². The van der Waals surface area contributed by atoms with Crippen LogP contribution >= 0.6 is 0 Å². The van der Waals surface area contributed by atoms with Gasteiger partial charge in [0.2, 0.25) is 0 Å². The second-order valence-corrected chi connectivity index (χ2v) is 8.81. The van der Waals surface area contributed by atoms with Crippen molar-refractivity contribution < 1.29 is 8.78 Å². The molecule has 0 unspecified atom stereocenters. The molecule has 0 nitrogen and oxygen atoms in total. The van der Waals surface area contributed by atoms with Gasteiger partial charge in [0.15, 0.2) is 11.6 Å². The third-order valence-electron chi connectivity index (χ3n) is 7.17. The highest BCUT2D eigenvalue weighted by molar-refractivity contribution is 5.25. The molecule has 27 heavy (non-hydrogen) atoms. The van der Waals surface area contributed by atoms with Crippen LogP contribution in [0, 0.1) is 30.4 Å². The maximum Gasteiger partial charge on any atom is 0.159 e. The molecule has 0 aliphatic heterocycles. The van der Waals surface area contributed by atoms with E-state index in [-0.39, 0.29) is 0 Å². The molecule has 2 aromatic rings. The van der Waals surface area contributed by atoms with Gasteiger partial charge in [-0.3, -0.25) is 0 Å².